The van der Waals surface area contributed by atoms with Crippen molar-refractivity contribution in [3.05, 3.63) is 0 Å². The summed E-state index contributed by atoms with van der Waals surface area (Å²) in [5.41, 5.74) is 5.27. The number of unbranched alkanes of at least 4 members (excludes halogenated alkanes) is 3. The fraction of sp³-hybridized carbons (Fsp3) is 0.929. The summed E-state index contributed by atoms with van der Waals surface area (Å²) in [4.78, 5) is 13.1. The summed E-state index contributed by atoms with van der Waals surface area (Å²) in [6.07, 6.45) is 1.23. The quantitative estimate of drug-likeness (QED) is 0.566. The van der Waals surface area contributed by atoms with Gasteiger partial charge >= 0.3 is 0 Å². The largest absolute Gasteiger partial charge is 0.395 e. The van der Waals surface area contributed by atoms with Gasteiger partial charge in [-0.05, 0) is 13.0 Å². The Morgan fingerprint density at radius 1 is 1.40 bits per heavy atom. The number of likely N-dealkylation sites (tertiary alicyclic amines) is 1. The molecule has 0 saturated carbocycles. The van der Waals surface area contributed by atoms with Crippen molar-refractivity contribution in [1.82, 2.24) is 4.90 Å². The lowest BCUT2D eigenvalue weighted by molar-refractivity contribution is -0.124. The number of hydrogen-bond acceptors (Lipinski definition) is 4. The predicted molar refractivity (Wildman–Crippen MR) is 74.8 cm³/mol. The molecule has 1 aliphatic heterocycles. The average molecular weight is 290 g/mol. The van der Waals surface area contributed by atoms with Crippen molar-refractivity contribution in [3.8, 4) is 0 Å². The molecule has 1 aliphatic rings. The van der Waals surface area contributed by atoms with Crippen LogP contribution in [-0.2, 0) is 4.79 Å². The van der Waals surface area contributed by atoms with Gasteiger partial charge in [0.2, 0.25) is 5.91 Å². The smallest absolute Gasteiger partial charge is 0.221 e. The SMILES string of the molecule is CCCCCCN1C(CO)C(O)C(F)C1C(C)C(N)=O. The highest BCUT2D eigenvalue weighted by atomic mass is 19.1. The highest BCUT2D eigenvalue weighted by molar-refractivity contribution is 5.77. The molecule has 5 unspecified atom stereocenters. The Bertz CT molecular complexity index is 317. The summed E-state index contributed by atoms with van der Waals surface area (Å²) in [7, 11) is 0. The molecule has 1 saturated heterocycles. The molecule has 0 spiro atoms. The van der Waals surface area contributed by atoms with Crippen LogP contribution >= 0.6 is 0 Å². The molecule has 1 heterocycles. The predicted octanol–water partition coefficient (Wildman–Crippen LogP) is 0.432. The lowest BCUT2D eigenvalue weighted by atomic mass is 9.96. The van der Waals surface area contributed by atoms with Crippen LogP contribution < -0.4 is 5.73 Å². The van der Waals surface area contributed by atoms with Crippen molar-refractivity contribution in [2.24, 2.45) is 11.7 Å². The Kier molecular flexibility index (Phi) is 6.85. The fourth-order valence-electron chi connectivity index (χ4n) is 2.99. The standard InChI is InChI=1S/C14H27FN2O3/c1-3-4-5-6-7-17-10(8-18)13(19)11(15)12(17)9(2)14(16)20/h9-13,18-19H,3-8H2,1-2H3,(H2,16,20). The number of halogens is 1. The monoisotopic (exact) mass is 290 g/mol. The minimum atomic E-state index is -1.55. The van der Waals surface area contributed by atoms with Crippen molar-refractivity contribution in [1.29, 1.82) is 0 Å². The second-order valence-corrected chi connectivity index (χ2v) is 5.67. The second kappa shape index (κ2) is 7.90. The van der Waals surface area contributed by atoms with Crippen LogP contribution in [0.2, 0.25) is 0 Å². The molecule has 0 aromatic carbocycles. The van der Waals surface area contributed by atoms with E-state index in [9.17, 15) is 19.4 Å². The van der Waals surface area contributed by atoms with Gasteiger partial charge in [-0.3, -0.25) is 9.69 Å². The molecule has 5 nitrogen and oxygen atoms in total. The molecule has 0 aliphatic carbocycles. The summed E-state index contributed by atoms with van der Waals surface area (Å²) < 4.78 is 14.2. The van der Waals surface area contributed by atoms with Gasteiger partial charge in [0.05, 0.1) is 24.6 Å². The summed E-state index contributed by atoms with van der Waals surface area (Å²) >= 11 is 0. The Morgan fingerprint density at radius 2 is 2.05 bits per heavy atom. The van der Waals surface area contributed by atoms with E-state index in [-0.39, 0.29) is 6.61 Å². The Morgan fingerprint density at radius 3 is 2.55 bits per heavy atom. The molecule has 0 bridgehead atoms. The first-order valence-corrected chi connectivity index (χ1v) is 7.43. The van der Waals surface area contributed by atoms with Gasteiger partial charge in [-0.1, -0.05) is 33.1 Å². The van der Waals surface area contributed by atoms with Crippen LogP contribution in [0.3, 0.4) is 0 Å². The van der Waals surface area contributed by atoms with Gasteiger partial charge in [-0.2, -0.15) is 0 Å². The molecular weight excluding hydrogens is 263 g/mol. The third kappa shape index (κ3) is 3.68. The normalized spacial score (nSPS) is 32.5. The molecule has 0 aromatic rings. The first-order valence-electron chi connectivity index (χ1n) is 7.43. The number of hydrogen-bond donors (Lipinski definition) is 3. The van der Waals surface area contributed by atoms with Crippen LogP contribution in [0.1, 0.15) is 39.5 Å². The Labute approximate surface area is 119 Å². The van der Waals surface area contributed by atoms with Crippen molar-refractivity contribution >= 4 is 5.91 Å². The van der Waals surface area contributed by atoms with Crippen molar-refractivity contribution in [2.45, 2.75) is 63.9 Å². The third-order valence-electron chi connectivity index (χ3n) is 4.27. The van der Waals surface area contributed by atoms with Crippen molar-refractivity contribution in [3.63, 3.8) is 0 Å². The number of rotatable bonds is 8. The maximum absolute atomic E-state index is 14.2. The van der Waals surface area contributed by atoms with Crippen LogP contribution in [0, 0.1) is 5.92 Å². The van der Waals surface area contributed by atoms with Crippen LogP contribution in [0.4, 0.5) is 4.39 Å². The number of alkyl halides is 1. The molecule has 0 aromatic heterocycles. The lowest BCUT2D eigenvalue weighted by Gasteiger charge is -2.31. The molecule has 4 N–H and O–H groups in total. The highest BCUT2D eigenvalue weighted by Crippen LogP contribution is 2.32. The van der Waals surface area contributed by atoms with Crippen molar-refractivity contribution in [2.75, 3.05) is 13.2 Å². The molecule has 6 heteroatoms. The number of nitrogens with two attached hydrogens (primary N) is 1. The minimum absolute atomic E-state index is 0.322. The number of amides is 1. The molecule has 1 amide bonds. The van der Waals surface area contributed by atoms with Crippen LogP contribution in [0.15, 0.2) is 0 Å². The van der Waals surface area contributed by atoms with Gasteiger partial charge in [0.15, 0.2) is 0 Å². The fourth-order valence-corrected chi connectivity index (χ4v) is 2.99. The molecule has 0 radical (unpaired) electrons. The summed E-state index contributed by atoms with van der Waals surface area (Å²) in [6, 6.07) is -1.40. The number of nitrogens with zero attached hydrogens (tertiary/aromatic N) is 1. The van der Waals surface area contributed by atoms with Crippen LogP contribution in [-0.4, -0.2) is 58.5 Å². The Hall–Kier alpha value is -0.720. The molecule has 1 fully saturated rings. The number of carbonyl (C=O) groups excluding carboxylic acids is 1. The van der Waals surface area contributed by atoms with E-state index in [1.807, 2.05) is 0 Å². The van der Waals surface area contributed by atoms with Crippen LogP contribution in [0.5, 0.6) is 0 Å². The van der Waals surface area contributed by atoms with E-state index in [1.165, 1.54) is 0 Å². The van der Waals surface area contributed by atoms with Crippen molar-refractivity contribution < 1.29 is 19.4 Å². The lowest BCUT2D eigenvalue weighted by Crippen LogP contribution is -2.47. The van der Waals surface area contributed by atoms with E-state index < -0.39 is 36.2 Å². The highest BCUT2D eigenvalue weighted by Gasteiger charge is 2.51. The first kappa shape index (κ1) is 17.3. The van der Waals surface area contributed by atoms with Gasteiger partial charge in [0.1, 0.15) is 12.3 Å². The van der Waals surface area contributed by atoms with Crippen LogP contribution in [0.25, 0.3) is 0 Å². The zero-order valence-electron chi connectivity index (χ0n) is 12.3. The molecular formula is C14H27FN2O3. The average Bonchev–Trinajstić information content (AvgIpc) is 2.65. The summed E-state index contributed by atoms with van der Waals surface area (Å²) in [5.74, 6) is -1.27. The minimum Gasteiger partial charge on any atom is -0.395 e. The third-order valence-corrected chi connectivity index (χ3v) is 4.27. The molecule has 20 heavy (non-hydrogen) atoms. The van der Waals surface area contributed by atoms with Gasteiger partial charge in [-0.15, -0.1) is 0 Å². The van der Waals surface area contributed by atoms with E-state index in [4.69, 9.17) is 5.73 Å². The maximum atomic E-state index is 14.2. The maximum Gasteiger partial charge on any atom is 0.221 e. The second-order valence-electron chi connectivity index (χ2n) is 5.67. The zero-order chi connectivity index (χ0) is 15.3. The molecule has 1 rings (SSSR count). The van der Waals surface area contributed by atoms with E-state index in [0.717, 1.165) is 25.7 Å². The van der Waals surface area contributed by atoms with Gasteiger partial charge in [0.25, 0.3) is 0 Å². The Balaban J connectivity index is 2.78. The topological polar surface area (TPSA) is 86.8 Å². The number of aliphatic hydroxyl groups excluding tert-OH is 2. The van der Waals surface area contributed by atoms with E-state index in [1.54, 1.807) is 11.8 Å². The van der Waals surface area contributed by atoms with E-state index >= 15 is 0 Å². The number of primary amides is 1. The van der Waals surface area contributed by atoms with Gasteiger partial charge in [-0.25, -0.2) is 4.39 Å². The van der Waals surface area contributed by atoms with Gasteiger partial charge in [0, 0.05) is 0 Å². The zero-order valence-corrected chi connectivity index (χ0v) is 12.3. The number of carbonyl (C=O) groups is 1. The molecule has 118 valence electrons. The van der Waals surface area contributed by atoms with E-state index in [0.29, 0.717) is 6.54 Å². The summed E-state index contributed by atoms with van der Waals surface area (Å²) in [6.45, 7) is 3.92. The number of aliphatic hydroxyl groups is 2. The van der Waals surface area contributed by atoms with E-state index in [2.05, 4.69) is 6.92 Å². The summed E-state index contributed by atoms with van der Waals surface area (Å²) in [5, 5.41) is 19.3. The first-order chi connectivity index (χ1) is 9.45. The molecule has 5 atom stereocenters. The van der Waals surface area contributed by atoms with Gasteiger partial charge < -0.3 is 15.9 Å².